The molecule has 1 rings (SSSR count). The minimum Gasteiger partial charge on any atom is -0.383 e. The molecule has 1 N–H and O–H groups in total. The third kappa shape index (κ3) is 3.60. The number of rotatable bonds is 8. The van der Waals surface area contributed by atoms with Crippen molar-refractivity contribution in [1.82, 2.24) is 14.2 Å². The average Bonchev–Trinajstić information content (AvgIpc) is 2.73. The minimum atomic E-state index is -3.49. The lowest BCUT2D eigenvalue weighted by Crippen LogP contribution is -2.40. The average molecular weight is 303 g/mol. The highest BCUT2D eigenvalue weighted by Gasteiger charge is 2.29. The van der Waals surface area contributed by atoms with Gasteiger partial charge in [0.2, 0.25) is 10.0 Å². The van der Waals surface area contributed by atoms with Crippen LogP contribution in [0.15, 0.2) is 17.2 Å². The van der Waals surface area contributed by atoms with Gasteiger partial charge >= 0.3 is 0 Å². The molecule has 1 unspecified atom stereocenters. The van der Waals surface area contributed by atoms with Gasteiger partial charge in [-0.1, -0.05) is 6.92 Å². The SMILES string of the molecule is CCN(C(C)COC)S(=O)(=O)c1cc(CNC)n(C)c1. The molecule has 0 aliphatic rings. The maximum atomic E-state index is 12.7. The molecule has 20 heavy (non-hydrogen) atoms. The van der Waals surface area contributed by atoms with Crippen LogP contribution in [-0.2, 0) is 28.4 Å². The van der Waals surface area contributed by atoms with E-state index in [1.165, 1.54) is 4.31 Å². The van der Waals surface area contributed by atoms with E-state index in [0.29, 0.717) is 24.6 Å². The zero-order valence-electron chi connectivity index (χ0n) is 12.9. The quantitative estimate of drug-likeness (QED) is 0.771. The van der Waals surface area contributed by atoms with Gasteiger partial charge in [0.05, 0.1) is 6.61 Å². The lowest BCUT2D eigenvalue weighted by Gasteiger charge is -2.26. The summed E-state index contributed by atoms with van der Waals surface area (Å²) in [6.45, 7) is 5.11. The Morgan fingerprint density at radius 1 is 1.50 bits per heavy atom. The second-order valence-electron chi connectivity index (χ2n) is 4.82. The predicted octanol–water partition coefficient (Wildman–Crippen LogP) is 0.790. The van der Waals surface area contributed by atoms with Gasteiger partial charge < -0.3 is 14.6 Å². The van der Waals surface area contributed by atoms with Gasteiger partial charge in [-0.05, 0) is 20.0 Å². The molecule has 7 heteroatoms. The Morgan fingerprint density at radius 3 is 2.65 bits per heavy atom. The van der Waals surface area contributed by atoms with Crippen LogP contribution in [0.4, 0.5) is 0 Å². The van der Waals surface area contributed by atoms with E-state index in [1.54, 1.807) is 19.4 Å². The van der Waals surface area contributed by atoms with Crippen molar-refractivity contribution in [3.05, 3.63) is 18.0 Å². The molecule has 0 amide bonds. The van der Waals surface area contributed by atoms with Crippen molar-refractivity contribution >= 4 is 10.0 Å². The van der Waals surface area contributed by atoms with Crippen LogP contribution >= 0.6 is 0 Å². The molecule has 0 bridgehead atoms. The molecule has 0 radical (unpaired) electrons. The van der Waals surface area contributed by atoms with E-state index in [0.717, 1.165) is 5.69 Å². The Hall–Kier alpha value is -0.890. The van der Waals surface area contributed by atoms with Crippen molar-refractivity contribution < 1.29 is 13.2 Å². The van der Waals surface area contributed by atoms with E-state index in [9.17, 15) is 8.42 Å². The molecule has 0 saturated carbocycles. The van der Waals surface area contributed by atoms with Crippen molar-refractivity contribution in [3.8, 4) is 0 Å². The number of methoxy groups -OCH3 is 1. The third-order valence-electron chi connectivity index (χ3n) is 3.26. The summed E-state index contributed by atoms with van der Waals surface area (Å²) in [5.41, 5.74) is 0.932. The van der Waals surface area contributed by atoms with Crippen molar-refractivity contribution in [1.29, 1.82) is 0 Å². The number of hydrogen-bond acceptors (Lipinski definition) is 4. The van der Waals surface area contributed by atoms with Gasteiger partial charge in [-0.25, -0.2) is 8.42 Å². The van der Waals surface area contributed by atoms with Crippen molar-refractivity contribution in [2.75, 3.05) is 27.3 Å². The Bertz CT molecular complexity index is 525. The molecule has 0 aliphatic heterocycles. The lowest BCUT2D eigenvalue weighted by molar-refractivity contribution is 0.142. The normalized spacial score (nSPS) is 13.9. The van der Waals surface area contributed by atoms with E-state index in [1.807, 2.05) is 32.5 Å². The van der Waals surface area contributed by atoms with Crippen molar-refractivity contribution in [2.24, 2.45) is 7.05 Å². The smallest absolute Gasteiger partial charge is 0.244 e. The van der Waals surface area contributed by atoms with Gasteiger partial charge in [-0.15, -0.1) is 0 Å². The largest absolute Gasteiger partial charge is 0.383 e. The highest BCUT2D eigenvalue weighted by atomic mass is 32.2. The second kappa shape index (κ2) is 7.21. The van der Waals surface area contributed by atoms with Crippen LogP contribution in [0.1, 0.15) is 19.5 Å². The maximum Gasteiger partial charge on any atom is 0.244 e. The molecule has 1 aromatic heterocycles. The van der Waals surface area contributed by atoms with Crippen LogP contribution in [0.2, 0.25) is 0 Å². The number of hydrogen-bond donors (Lipinski definition) is 1. The molecule has 0 saturated heterocycles. The second-order valence-corrected chi connectivity index (χ2v) is 6.71. The number of ether oxygens (including phenoxy) is 1. The molecule has 1 heterocycles. The molecule has 0 aliphatic carbocycles. The molecule has 6 nitrogen and oxygen atoms in total. The number of nitrogens with zero attached hydrogens (tertiary/aromatic N) is 2. The number of aromatic nitrogens is 1. The first kappa shape index (κ1) is 17.2. The van der Waals surface area contributed by atoms with Crippen LogP contribution in [-0.4, -0.2) is 50.6 Å². The first-order chi connectivity index (χ1) is 9.38. The number of aryl methyl sites for hydroxylation is 1. The fourth-order valence-electron chi connectivity index (χ4n) is 2.25. The first-order valence-corrected chi connectivity index (χ1v) is 8.13. The van der Waals surface area contributed by atoms with Gasteiger partial charge in [0.1, 0.15) is 4.90 Å². The summed E-state index contributed by atoms with van der Waals surface area (Å²) in [7, 11) is 1.77. The Morgan fingerprint density at radius 2 is 2.15 bits per heavy atom. The summed E-state index contributed by atoms with van der Waals surface area (Å²) in [6, 6.07) is 1.52. The predicted molar refractivity (Wildman–Crippen MR) is 79.1 cm³/mol. The summed E-state index contributed by atoms with van der Waals surface area (Å²) >= 11 is 0. The number of likely N-dealkylation sites (N-methyl/N-ethyl adjacent to an activating group) is 1. The van der Waals surface area contributed by atoms with E-state index < -0.39 is 10.0 Å². The monoisotopic (exact) mass is 303 g/mol. The molecule has 0 fully saturated rings. The van der Waals surface area contributed by atoms with E-state index >= 15 is 0 Å². The third-order valence-corrected chi connectivity index (χ3v) is 5.31. The zero-order valence-corrected chi connectivity index (χ0v) is 13.7. The number of nitrogens with one attached hydrogen (secondary N) is 1. The van der Waals surface area contributed by atoms with Gasteiger partial charge in [-0.2, -0.15) is 4.31 Å². The standard InChI is InChI=1S/C13H25N3O3S/c1-6-16(11(2)10-19-5)20(17,18)13-7-12(8-14-3)15(4)9-13/h7,9,11,14H,6,8,10H2,1-5H3. The Labute approximate surface area is 121 Å². The summed E-state index contributed by atoms with van der Waals surface area (Å²) in [4.78, 5) is 0.329. The van der Waals surface area contributed by atoms with Crippen LogP contribution in [0, 0.1) is 0 Å². The maximum absolute atomic E-state index is 12.7. The van der Waals surface area contributed by atoms with Crippen LogP contribution in [0.5, 0.6) is 0 Å². The molecule has 1 atom stereocenters. The van der Waals surface area contributed by atoms with Gasteiger partial charge in [-0.3, -0.25) is 0 Å². The molecule has 0 aromatic carbocycles. The van der Waals surface area contributed by atoms with E-state index in [-0.39, 0.29) is 6.04 Å². The van der Waals surface area contributed by atoms with Gasteiger partial charge in [0, 0.05) is 45.2 Å². The Balaban J connectivity index is 3.10. The Kier molecular flexibility index (Phi) is 6.19. The van der Waals surface area contributed by atoms with Gasteiger partial charge in [0.25, 0.3) is 0 Å². The first-order valence-electron chi connectivity index (χ1n) is 6.69. The molecular formula is C13H25N3O3S. The number of sulfonamides is 1. The fraction of sp³-hybridized carbons (Fsp3) is 0.692. The van der Waals surface area contributed by atoms with Crippen molar-refractivity contribution in [2.45, 2.75) is 31.3 Å². The van der Waals surface area contributed by atoms with Crippen LogP contribution in [0.3, 0.4) is 0 Å². The zero-order chi connectivity index (χ0) is 15.3. The van der Waals surface area contributed by atoms with Gasteiger partial charge in [0.15, 0.2) is 0 Å². The van der Waals surface area contributed by atoms with Crippen molar-refractivity contribution in [3.63, 3.8) is 0 Å². The molecular weight excluding hydrogens is 278 g/mol. The molecule has 116 valence electrons. The summed E-state index contributed by atoms with van der Waals surface area (Å²) in [5, 5.41) is 3.03. The molecule has 1 aromatic rings. The highest BCUT2D eigenvalue weighted by molar-refractivity contribution is 7.89. The molecule has 0 spiro atoms. The fourth-order valence-corrected chi connectivity index (χ4v) is 3.97. The summed E-state index contributed by atoms with van der Waals surface area (Å²) in [5.74, 6) is 0. The van der Waals surface area contributed by atoms with E-state index in [2.05, 4.69) is 5.32 Å². The minimum absolute atomic E-state index is 0.192. The highest BCUT2D eigenvalue weighted by Crippen LogP contribution is 2.20. The topological polar surface area (TPSA) is 63.6 Å². The van der Waals surface area contributed by atoms with Crippen LogP contribution in [0.25, 0.3) is 0 Å². The van der Waals surface area contributed by atoms with Crippen LogP contribution < -0.4 is 5.32 Å². The lowest BCUT2D eigenvalue weighted by atomic mass is 10.4. The summed E-state index contributed by atoms with van der Waals surface area (Å²) in [6.07, 6.45) is 1.66. The summed E-state index contributed by atoms with van der Waals surface area (Å²) < 4.78 is 33.7. The van der Waals surface area contributed by atoms with E-state index in [4.69, 9.17) is 4.74 Å².